The van der Waals surface area contributed by atoms with Crippen molar-refractivity contribution < 1.29 is 23.0 Å². The average molecular weight is 533 g/mol. The Bertz CT molecular complexity index is 1300. The van der Waals surface area contributed by atoms with Crippen LogP contribution in [0.4, 0.5) is 8.78 Å². The standard InChI is InChI=1S/C25H23BrF2N2O4/c1-15-3-6-19(26)24(31)30(15)21-7-8-22(34-14-17-4-5-18(27)13-20(17)28)23(16(21)2)25(32)29-9-11-33-12-10-29/h3-8,13H,9-12,14H2,1-2H3. The van der Waals surface area contributed by atoms with Gasteiger partial charge < -0.3 is 14.4 Å². The van der Waals surface area contributed by atoms with Crippen molar-refractivity contribution in [2.24, 2.45) is 0 Å². The molecular formula is C25H23BrF2N2O4. The van der Waals surface area contributed by atoms with E-state index in [-0.39, 0.29) is 34.9 Å². The maximum atomic E-state index is 14.1. The number of aromatic nitrogens is 1. The highest BCUT2D eigenvalue weighted by molar-refractivity contribution is 9.10. The van der Waals surface area contributed by atoms with E-state index in [0.29, 0.717) is 47.7 Å². The number of hydrogen-bond acceptors (Lipinski definition) is 4. The smallest absolute Gasteiger partial charge is 0.269 e. The summed E-state index contributed by atoms with van der Waals surface area (Å²) < 4.78 is 40.6. The van der Waals surface area contributed by atoms with E-state index < -0.39 is 11.6 Å². The van der Waals surface area contributed by atoms with Crippen molar-refractivity contribution >= 4 is 21.8 Å². The number of benzene rings is 2. The van der Waals surface area contributed by atoms with Gasteiger partial charge in [-0.15, -0.1) is 0 Å². The maximum Gasteiger partial charge on any atom is 0.269 e. The molecule has 0 radical (unpaired) electrons. The molecule has 0 saturated carbocycles. The summed E-state index contributed by atoms with van der Waals surface area (Å²) in [6, 6.07) is 10.0. The van der Waals surface area contributed by atoms with Crippen molar-refractivity contribution in [3.63, 3.8) is 0 Å². The van der Waals surface area contributed by atoms with Gasteiger partial charge in [-0.2, -0.15) is 0 Å². The van der Waals surface area contributed by atoms with E-state index in [2.05, 4.69) is 15.9 Å². The summed E-state index contributed by atoms with van der Waals surface area (Å²) in [5, 5.41) is 0. The first-order valence-corrected chi connectivity index (χ1v) is 11.5. The highest BCUT2D eigenvalue weighted by atomic mass is 79.9. The second kappa shape index (κ2) is 10.1. The molecule has 6 nitrogen and oxygen atoms in total. The minimum atomic E-state index is -0.731. The number of carbonyl (C=O) groups excluding carboxylic acids is 1. The molecule has 0 spiro atoms. The Morgan fingerprint density at radius 3 is 2.53 bits per heavy atom. The minimum Gasteiger partial charge on any atom is -0.488 e. The van der Waals surface area contributed by atoms with Crippen LogP contribution in [0.1, 0.15) is 27.2 Å². The van der Waals surface area contributed by atoms with Crippen molar-refractivity contribution in [1.82, 2.24) is 9.47 Å². The molecule has 0 aliphatic carbocycles. The predicted molar refractivity (Wildman–Crippen MR) is 127 cm³/mol. The Balaban J connectivity index is 1.80. The Hall–Kier alpha value is -3.04. The fourth-order valence-electron chi connectivity index (χ4n) is 3.93. The maximum absolute atomic E-state index is 14.1. The monoisotopic (exact) mass is 532 g/mol. The summed E-state index contributed by atoms with van der Waals surface area (Å²) in [5.74, 6) is -1.43. The molecule has 3 aromatic rings. The molecule has 1 fully saturated rings. The molecule has 2 heterocycles. The second-order valence-corrected chi connectivity index (χ2v) is 8.83. The summed E-state index contributed by atoms with van der Waals surface area (Å²) in [5.41, 5.74) is 1.98. The lowest BCUT2D eigenvalue weighted by Gasteiger charge is -2.29. The van der Waals surface area contributed by atoms with Gasteiger partial charge in [0, 0.05) is 30.4 Å². The second-order valence-electron chi connectivity index (χ2n) is 7.98. The molecule has 1 saturated heterocycles. The van der Waals surface area contributed by atoms with Gasteiger partial charge in [-0.25, -0.2) is 8.78 Å². The van der Waals surface area contributed by atoms with E-state index in [1.165, 1.54) is 10.6 Å². The predicted octanol–water partition coefficient (Wildman–Crippen LogP) is 4.55. The number of nitrogens with zero attached hydrogens (tertiary/aromatic N) is 2. The number of amides is 1. The molecule has 0 unspecified atom stereocenters. The van der Waals surface area contributed by atoms with Crippen LogP contribution in [-0.4, -0.2) is 41.7 Å². The van der Waals surface area contributed by atoms with Gasteiger partial charge in [-0.05, 0) is 71.7 Å². The SMILES string of the molecule is Cc1c(-n2c(C)ccc(Br)c2=O)ccc(OCc2ccc(F)cc2F)c1C(=O)N1CCOCC1. The highest BCUT2D eigenvalue weighted by Crippen LogP contribution is 2.30. The van der Waals surface area contributed by atoms with Crippen LogP contribution in [0.15, 0.2) is 51.7 Å². The molecule has 1 amide bonds. The number of rotatable bonds is 5. The van der Waals surface area contributed by atoms with Gasteiger partial charge in [0.05, 0.1) is 28.9 Å². The normalized spacial score (nSPS) is 13.7. The zero-order valence-corrected chi connectivity index (χ0v) is 20.3. The number of carbonyl (C=O) groups is 1. The van der Waals surface area contributed by atoms with E-state index in [1.54, 1.807) is 43.0 Å². The Labute approximate surface area is 203 Å². The Kier molecular flexibility index (Phi) is 7.13. The van der Waals surface area contributed by atoms with Gasteiger partial charge in [-0.1, -0.05) is 0 Å². The van der Waals surface area contributed by atoms with Gasteiger partial charge in [0.2, 0.25) is 0 Å². The van der Waals surface area contributed by atoms with Crippen LogP contribution in [0.25, 0.3) is 5.69 Å². The van der Waals surface area contributed by atoms with Crippen LogP contribution >= 0.6 is 15.9 Å². The third kappa shape index (κ3) is 4.76. The molecular weight excluding hydrogens is 510 g/mol. The zero-order valence-electron chi connectivity index (χ0n) is 18.7. The lowest BCUT2D eigenvalue weighted by atomic mass is 10.0. The van der Waals surface area contributed by atoms with Crippen molar-refractivity contribution in [2.45, 2.75) is 20.5 Å². The van der Waals surface area contributed by atoms with Crippen LogP contribution < -0.4 is 10.3 Å². The molecule has 0 N–H and O–H groups in total. The summed E-state index contributed by atoms with van der Waals surface area (Å²) in [6.45, 7) is 5.05. The van der Waals surface area contributed by atoms with Crippen molar-refractivity contribution in [3.8, 4) is 11.4 Å². The largest absolute Gasteiger partial charge is 0.488 e. The molecule has 4 rings (SSSR count). The molecule has 178 valence electrons. The van der Waals surface area contributed by atoms with Crippen molar-refractivity contribution in [3.05, 3.63) is 91.3 Å². The van der Waals surface area contributed by atoms with Crippen LogP contribution in [-0.2, 0) is 11.3 Å². The first kappa shape index (κ1) is 24.1. The van der Waals surface area contributed by atoms with Gasteiger partial charge in [-0.3, -0.25) is 14.2 Å². The van der Waals surface area contributed by atoms with Crippen LogP contribution in [0.5, 0.6) is 5.75 Å². The van der Waals surface area contributed by atoms with E-state index >= 15 is 0 Å². The van der Waals surface area contributed by atoms with Gasteiger partial charge in [0.15, 0.2) is 0 Å². The zero-order chi connectivity index (χ0) is 24.4. The number of aryl methyl sites for hydroxylation is 1. The number of halogens is 3. The number of hydrogen-bond donors (Lipinski definition) is 0. The summed E-state index contributed by atoms with van der Waals surface area (Å²) >= 11 is 3.28. The Morgan fingerprint density at radius 2 is 1.82 bits per heavy atom. The number of morpholine rings is 1. The van der Waals surface area contributed by atoms with Crippen LogP contribution in [0, 0.1) is 25.5 Å². The van der Waals surface area contributed by atoms with E-state index in [0.717, 1.165) is 12.1 Å². The summed E-state index contributed by atoms with van der Waals surface area (Å²) in [7, 11) is 0. The van der Waals surface area contributed by atoms with Gasteiger partial charge >= 0.3 is 0 Å². The van der Waals surface area contributed by atoms with E-state index in [9.17, 15) is 18.4 Å². The van der Waals surface area contributed by atoms with E-state index in [1.807, 2.05) is 0 Å². The van der Waals surface area contributed by atoms with Crippen molar-refractivity contribution in [2.75, 3.05) is 26.3 Å². The highest BCUT2D eigenvalue weighted by Gasteiger charge is 2.26. The molecule has 9 heteroatoms. The molecule has 1 aliphatic rings. The van der Waals surface area contributed by atoms with Gasteiger partial charge in [0.1, 0.15) is 24.0 Å². The fourth-order valence-corrected chi connectivity index (χ4v) is 4.24. The molecule has 0 bridgehead atoms. The number of pyridine rings is 1. The summed E-state index contributed by atoms with van der Waals surface area (Å²) in [4.78, 5) is 28.1. The Morgan fingerprint density at radius 1 is 1.09 bits per heavy atom. The average Bonchev–Trinajstić information content (AvgIpc) is 2.82. The van der Waals surface area contributed by atoms with Crippen molar-refractivity contribution in [1.29, 1.82) is 0 Å². The first-order chi connectivity index (χ1) is 16.3. The topological polar surface area (TPSA) is 60.8 Å². The van der Waals surface area contributed by atoms with Crippen LogP contribution in [0.3, 0.4) is 0 Å². The minimum absolute atomic E-state index is 0.159. The lowest BCUT2D eigenvalue weighted by molar-refractivity contribution is 0.0299. The summed E-state index contributed by atoms with van der Waals surface area (Å²) in [6.07, 6.45) is 0. The number of ether oxygens (including phenoxy) is 2. The van der Waals surface area contributed by atoms with E-state index in [4.69, 9.17) is 9.47 Å². The van der Waals surface area contributed by atoms with Crippen LogP contribution in [0.2, 0.25) is 0 Å². The lowest BCUT2D eigenvalue weighted by Crippen LogP contribution is -2.41. The quantitative estimate of drug-likeness (QED) is 0.483. The molecule has 1 aliphatic heterocycles. The molecule has 1 aromatic heterocycles. The molecule has 2 aromatic carbocycles. The molecule has 0 atom stereocenters. The third-order valence-corrected chi connectivity index (χ3v) is 6.38. The molecule has 34 heavy (non-hydrogen) atoms. The fraction of sp³-hybridized carbons (Fsp3) is 0.280. The first-order valence-electron chi connectivity index (χ1n) is 10.7. The van der Waals surface area contributed by atoms with Gasteiger partial charge in [0.25, 0.3) is 11.5 Å². The third-order valence-electron chi connectivity index (χ3n) is 5.78.